The SMILES string of the molecule is CC(C)(C)c1ccc(/C=N/NC(=O)CN(c2ccc(F)cc2)S(=O)(=O)c2ccc3c(c2)OCCO3)cc1. The van der Waals surface area contributed by atoms with Gasteiger partial charge in [-0.15, -0.1) is 0 Å². The van der Waals surface area contributed by atoms with Gasteiger partial charge in [-0.05, 0) is 52.9 Å². The molecule has 194 valence electrons. The minimum atomic E-state index is -4.23. The largest absolute Gasteiger partial charge is 0.486 e. The quantitative estimate of drug-likeness (QED) is 0.368. The Morgan fingerprint density at radius 2 is 1.65 bits per heavy atom. The molecule has 0 spiro atoms. The molecule has 0 unspecified atom stereocenters. The number of sulfonamides is 1. The van der Waals surface area contributed by atoms with E-state index in [1.165, 1.54) is 36.5 Å². The maximum Gasteiger partial charge on any atom is 0.264 e. The van der Waals surface area contributed by atoms with Gasteiger partial charge in [0.25, 0.3) is 15.9 Å². The number of nitrogens with zero attached hydrogens (tertiary/aromatic N) is 2. The van der Waals surface area contributed by atoms with Crippen molar-refractivity contribution in [3.8, 4) is 11.5 Å². The van der Waals surface area contributed by atoms with Crippen molar-refractivity contribution >= 4 is 27.8 Å². The molecule has 0 aromatic heterocycles. The number of carbonyl (C=O) groups excluding carboxylic acids is 1. The molecule has 0 saturated heterocycles. The highest BCUT2D eigenvalue weighted by molar-refractivity contribution is 7.92. The van der Waals surface area contributed by atoms with Crippen LogP contribution in [0.3, 0.4) is 0 Å². The van der Waals surface area contributed by atoms with E-state index in [2.05, 4.69) is 31.3 Å². The van der Waals surface area contributed by atoms with E-state index < -0.39 is 28.3 Å². The topological polar surface area (TPSA) is 97.3 Å². The number of fused-ring (bicyclic) bond motifs is 1. The van der Waals surface area contributed by atoms with E-state index in [1.54, 1.807) is 0 Å². The average Bonchev–Trinajstić information content (AvgIpc) is 2.87. The number of rotatable bonds is 7. The van der Waals surface area contributed by atoms with Crippen LogP contribution in [0.15, 0.2) is 76.7 Å². The first-order valence-electron chi connectivity index (χ1n) is 11.6. The molecule has 1 aliphatic heterocycles. The van der Waals surface area contributed by atoms with Crippen molar-refractivity contribution in [3.63, 3.8) is 0 Å². The zero-order chi connectivity index (χ0) is 26.6. The summed E-state index contributed by atoms with van der Waals surface area (Å²) in [5.74, 6) is -0.487. The lowest BCUT2D eigenvalue weighted by Crippen LogP contribution is -2.39. The van der Waals surface area contributed by atoms with E-state index in [4.69, 9.17) is 9.47 Å². The number of hydrazone groups is 1. The lowest BCUT2D eigenvalue weighted by molar-refractivity contribution is -0.119. The van der Waals surface area contributed by atoms with Crippen LogP contribution in [-0.4, -0.2) is 40.3 Å². The summed E-state index contributed by atoms with van der Waals surface area (Å²) in [5.41, 5.74) is 4.43. The number of hydrogen-bond donors (Lipinski definition) is 1. The smallest absolute Gasteiger partial charge is 0.264 e. The summed E-state index contributed by atoms with van der Waals surface area (Å²) in [6.07, 6.45) is 1.47. The van der Waals surface area contributed by atoms with Crippen molar-refractivity contribution < 1.29 is 27.1 Å². The van der Waals surface area contributed by atoms with Gasteiger partial charge in [0, 0.05) is 6.07 Å². The van der Waals surface area contributed by atoms with Crippen LogP contribution in [0.25, 0.3) is 0 Å². The Morgan fingerprint density at radius 1 is 1.00 bits per heavy atom. The normalized spacial score (nSPS) is 13.4. The number of halogens is 1. The number of ether oxygens (including phenoxy) is 2. The van der Waals surface area contributed by atoms with E-state index in [0.717, 1.165) is 27.6 Å². The van der Waals surface area contributed by atoms with Crippen molar-refractivity contribution in [2.24, 2.45) is 5.10 Å². The number of nitrogens with one attached hydrogen (secondary N) is 1. The van der Waals surface area contributed by atoms with E-state index >= 15 is 0 Å². The fraction of sp³-hybridized carbons (Fsp3) is 0.259. The van der Waals surface area contributed by atoms with E-state index in [-0.39, 0.29) is 28.4 Å². The first-order valence-corrected chi connectivity index (χ1v) is 13.1. The van der Waals surface area contributed by atoms with Crippen LogP contribution in [0.2, 0.25) is 0 Å². The van der Waals surface area contributed by atoms with E-state index in [0.29, 0.717) is 12.4 Å². The number of amides is 1. The fourth-order valence-corrected chi connectivity index (χ4v) is 5.08. The van der Waals surface area contributed by atoms with Gasteiger partial charge < -0.3 is 9.47 Å². The Hall–Kier alpha value is -3.92. The Morgan fingerprint density at radius 3 is 2.30 bits per heavy atom. The Kier molecular flexibility index (Phi) is 7.49. The Balaban J connectivity index is 1.54. The van der Waals surface area contributed by atoms with Gasteiger partial charge >= 0.3 is 0 Å². The molecular weight excluding hydrogens is 497 g/mol. The molecular formula is C27H28FN3O5S. The molecule has 0 atom stereocenters. The molecule has 10 heteroatoms. The zero-order valence-corrected chi connectivity index (χ0v) is 21.6. The minimum Gasteiger partial charge on any atom is -0.486 e. The number of benzene rings is 3. The van der Waals surface area contributed by atoms with Crippen LogP contribution in [0.4, 0.5) is 10.1 Å². The third-order valence-electron chi connectivity index (χ3n) is 5.68. The second-order valence-electron chi connectivity index (χ2n) is 9.46. The molecule has 0 radical (unpaired) electrons. The molecule has 8 nitrogen and oxygen atoms in total. The Bertz CT molecular complexity index is 1400. The van der Waals surface area contributed by atoms with Crippen LogP contribution >= 0.6 is 0 Å². The fourth-order valence-electron chi connectivity index (χ4n) is 3.65. The lowest BCUT2D eigenvalue weighted by Gasteiger charge is -2.25. The molecule has 0 fully saturated rings. The van der Waals surface area contributed by atoms with Gasteiger partial charge in [0.05, 0.1) is 16.8 Å². The third-order valence-corrected chi connectivity index (χ3v) is 7.45. The van der Waals surface area contributed by atoms with E-state index in [9.17, 15) is 17.6 Å². The van der Waals surface area contributed by atoms with Crippen molar-refractivity contribution in [1.82, 2.24) is 5.43 Å². The lowest BCUT2D eigenvalue weighted by atomic mass is 9.87. The summed E-state index contributed by atoms with van der Waals surface area (Å²) < 4.78 is 52.5. The summed E-state index contributed by atoms with van der Waals surface area (Å²) in [6.45, 7) is 6.41. The summed E-state index contributed by atoms with van der Waals surface area (Å²) >= 11 is 0. The number of anilines is 1. The first kappa shape index (κ1) is 26.2. The summed E-state index contributed by atoms with van der Waals surface area (Å²) in [7, 11) is -4.23. The Labute approximate surface area is 215 Å². The molecule has 0 bridgehead atoms. The van der Waals surface area contributed by atoms with Gasteiger partial charge in [-0.2, -0.15) is 5.10 Å². The van der Waals surface area contributed by atoms with Crippen LogP contribution in [-0.2, 0) is 20.2 Å². The van der Waals surface area contributed by atoms with Gasteiger partial charge in [0.2, 0.25) is 0 Å². The molecule has 1 amide bonds. The monoisotopic (exact) mass is 525 g/mol. The molecule has 0 aliphatic carbocycles. The van der Waals surface area contributed by atoms with Gasteiger partial charge in [-0.3, -0.25) is 9.10 Å². The second-order valence-corrected chi connectivity index (χ2v) is 11.3. The maximum absolute atomic E-state index is 13.6. The molecule has 1 N–H and O–H groups in total. The third kappa shape index (κ3) is 6.26. The van der Waals surface area contributed by atoms with Crippen molar-refractivity contribution in [1.29, 1.82) is 0 Å². The second kappa shape index (κ2) is 10.6. The van der Waals surface area contributed by atoms with Crippen LogP contribution in [0, 0.1) is 5.82 Å². The summed E-state index contributed by atoms with van der Waals surface area (Å²) in [4.78, 5) is 12.6. The van der Waals surface area contributed by atoms with Crippen LogP contribution in [0.1, 0.15) is 31.9 Å². The van der Waals surface area contributed by atoms with Crippen molar-refractivity contribution in [3.05, 3.63) is 83.7 Å². The predicted molar refractivity (Wildman–Crippen MR) is 139 cm³/mol. The molecule has 37 heavy (non-hydrogen) atoms. The van der Waals surface area contributed by atoms with Gasteiger partial charge in [0.15, 0.2) is 11.5 Å². The summed E-state index contributed by atoms with van der Waals surface area (Å²) in [5, 5.41) is 3.96. The van der Waals surface area contributed by atoms with Gasteiger partial charge in [-0.1, -0.05) is 45.0 Å². The standard InChI is InChI=1S/C27H28FN3O5S/c1-27(2,3)20-6-4-19(5-7-20)17-29-30-26(32)18-31(22-10-8-21(28)9-11-22)37(33,34)23-12-13-24-25(16-23)36-15-14-35-24/h4-13,16-17H,14-15,18H2,1-3H3,(H,30,32)/b29-17+. The minimum absolute atomic E-state index is 0.0103. The molecule has 1 heterocycles. The van der Waals surface area contributed by atoms with E-state index in [1.807, 2.05) is 24.3 Å². The maximum atomic E-state index is 13.6. The van der Waals surface area contributed by atoms with Gasteiger partial charge in [-0.25, -0.2) is 18.2 Å². The molecule has 0 saturated carbocycles. The zero-order valence-electron chi connectivity index (χ0n) is 20.8. The molecule has 3 aromatic rings. The average molecular weight is 526 g/mol. The first-order chi connectivity index (χ1) is 17.5. The number of carbonyl (C=O) groups is 1. The molecule has 4 rings (SSSR count). The highest BCUT2D eigenvalue weighted by Crippen LogP contribution is 2.34. The molecule has 1 aliphatic rings. The van der Waals surface area contributed by atoms with Crippen LogP contribution in [0.5, 0.6) is 11.5 Å². The predicted octanol–water partition coefficient (Wildman–Crippen LogP) is 4.24. The number of hydrogen-bond acceptors (Lipinski definition) is 6. The molecule has 3 aromatic carbocycles. The van der Waals surface area contributed by atoms with Crippen molar-refractivity contribution in [2.45, 2.75) is 31.1 Å². The van der Waals surface area contributed by atoms with Gasteiger partial charge in [0.1, 0.15) is 25.6 Å². The van der Waals surface area contributed by atoms with Crippen molar-refractivity contribution in [2.75, 3.05) is 24.1 Å². The highest BCUT2D eigenvalue weighted by Gasteiger charge is 2.29. The highest BCUT2D eigenvalue weighted by atomic mass is 32.2. The summed E-state index contributed by atoms with van der Waals surface area (Å²) in [6, 6.07) is 16.8. The van der Waals surface area contributed by atoms with Crippen LogP contribution < -0.4 is 19.2 Å².